The van der Waals surface area contributed by atoms with Gasteiger partial charge in [-0.25, -0.2) is 8.42 Å². The fourth-order valence-electron chi connectivity index (χ4n) is 4.90. The van der Waals surface area contributed by atoms with Gasteiger partial charge in [-0.1, -0.05) is 30.3 Å². The Morgan fingerprint density at radius 1 is 1.09 bits per heavy atom. The van der Waals surface area contributed by atoms with Gasteiger partial charge in [0.05, 0.1) is 33.7 Å². The molecule has 0 saturated carbocycles. The summed E-state index contributed by atoms with van der Waals surface area (Å²) in [6.45, 7) is 1.31. The van der Waals surface area contributed by atoms with Gasteiger partial charge in [-0.05, 0) is 42.5 Å². The molecule has 0 radical (unpaired) electrons. The molecule has 34 heavy (non-hydrogen) atoms. The number of pyridine rings is 1. The first-order valence-corrected chi connectivity index (χ1v) is 13.0. The van der Waals surface area contributed by atoms with Gasteiger partial charge in [0.25, 0.3) is 0 Å². The molecule has 1 atom stereocenters. The van der Waals surface area contributed by atoms with Crippen LogP contribution in [0.3, 0.4) is 0 Å². The third-order valence-corrected chi connectivity index (χ3v) is 7.50. The molecular formula is C24H25BN2O6S. The first-order chi connectivity index (χ1) is 16.3. The third kappa shape index (κ3) is 4.29. The average Bonchev–Trinajstić information content (AvgIpc) is 3.13. The van der Waals surface area contributed by atoms with Crippen molar-refractivity contribution in [1.82, 2.24) is 9.55 Å². The molecule has 1 saturated heterocycles. The molecule has 5 rings (SSSR count). The molecule has 0 spiro atoms. The van der Waals surface area contributed by atoms with Crippen LogP contribution >= 0.6 is 0 Å². The summed E-state index contributed by atoms with van der Waals surface area (Å²) in [5.74, 6) is 0.443. The molecule has 1 aliphatic rings. The van der Waals surface area contributed by atoms with Gasteiger partial charge in [-0.2, -0.15) is 0 Å². The van der Waals surface area contributed by atoms with E-state index in [2.05, 4.69) is 21.7 Å². The van der Waals surface area contributed by atoms with Crippen molar-refractivity contribution in [2.24, 2.45) is 5.92 Å². The molecule has 0 aliphatic carbocycles. The van der Waals surface area contributed by atoms with Crippen molar-refractivity contribution in [2.45, 2.75) is 23.8 Å². The zero-order chi connectivity index (χ0) is 23.9. The monoisotopic (exact) mass is 480 g/mol. The van der Waals surface area contributed by atoms with Gasteiger partial charge >= 0.3 is 7.32 Å². The maximum absolute atomic E-state index is 12.4. The molecule has 1 fully saturated rings. The number of fused-ring (bicyclic) bond motifs is 3. The van der Waals surface area contributed by atoms with Crippen LogP contribution in [0.1, 0.15) is 24.4 Å². The van der Waals surface area contributed by atoms with Gasteiger partial charge in [0, 0.05) is 30.9 Å². The van der Waals surface area contributed by atoms with E-state index in [1.54, 1.807) is 24.3 Å². The van der Waals surface area contributed by atoms with Gasteiger partial charge in [-0.3, -0.25) is 4.98 Å². The third-order valence-electron chi connectivity index (χ3n) is 6.39. The molecule has 1 aliphatic heterocycles. The lowest BCUT2D eigenvalue weighted by atomic mass is 9.86. The average molecular weight is 480 g/mol. The van der Waals surface area contributed by atoms with Gasteiger partial charge in [0.2, 0.25) is 0 Å². The molecule has 2 aromatic heterocycles. The van der Waals surface area contributed by atoms with Gasteiger partial charge in [0.15, 0.2) is 9.84 Å². The highest BCUT2D eigenvalue weighted by atomic mass is 32.2. The minimum absolute atomic E-state index is 0.115. The summed E-state index contributed by atoms with van der Waals surface area (Å²) in [5.41, 5.74) is 3.24. The number of aromatic nitrogens is 2. The van der Waals surface area contributed by atoms with E-state index >= 15 is 0 Å². The van der Waals surface area contributed by atoms with Gasteiger partial charge < -0.3 is 24.0 Å². The van der Waals surface area contributed by atoms with Crippen LogP contribution in [0.15, 0.2) is 65.7 Å². The SMILES string of the molecule is CS(=O)(=O)c1ccc2c3ncc(OB(O)O)cc3n([C@H](c3ccccc3)C3CCOCC3)c2c1. The second-order valence-corrected chi connectivity index (χ2v) is 10.6. The van der Waals surface area contributed by atoms with Crippen molar-refractivity contribution in [2.75, 3.05) is 19.5 Å². The summed E-state index contributed by atoms with van der Waals surface area (Å²) in [6, 6.07) is 16.8. The Bertz CT molecular complexity index is 1430. The zero-order valence-corrected chi connectivity index (χ0v) is 19.5. The zero-order valence-electron chi connectivity index (χ0n) is 18.7. The predicted molar refractivity (Wildman–Crippen MR) is 129 cm³/mol. The molecule has 10 heteroatoms. The Morgan fingerprint density at radius 3 is 2.50 bits per heavy atom. The number of hydrogen-bond donors (Lipinski definition) is 2. The van der Waals surface area contributed by atoms with Crippen molar-refractivity contribution >= 4 is 39.1 Å². The lowest BCUT2D eigenvalue weighted by Crippen LogP contribution is -2.27. The molecule has 176 valence electrons. The van der Waals surface area contributed by atoms with Crippen molar-refractivity contribution in [3.63, 3.8) is 0 Å². The summed E-state index contributed by atoms with van der Waals surface area (Å²) in [5, 5.41) is 19.5. The minimum atomic E-state index is -3.43. The molecule has 8 nitrogen and oxygen atoms in total. The van der Waals surface area contributed by atoms with Gasteiger partial charge in [-0.15, -0.1) is 0 Å². The predicted octanol–water partition coefficient (Wildman–Crippen LogP) is 2.96. The molecule has 0 bridgehead atoms. The Hall–Kier alpha value is -2.92. The number of nitrogens with zero attached hydrogens (tertiary/aromatic N) is 2. The van der Waals surface area contributed by atoms with E-state index in [4.69, 9.17) is 9.39 Å². The van der Waals surface area contributed by atoms with E-state index in [0.29, 0.717) is 18.7 Å². The topological polar surface area (TPSA) is 111 Å². The lowest BCUT2D eigenvalue weighted by molar-refractivity contribution is 0.0552. The number of rotatable bonds is 6. The number of benzene rings is 2. The highest BCUT2D eigenvalue weighted by molar-refractivity contribution is 7.90. The quantitative estimate of drug-likeness (QED) is 0.408. The molecule has 0 amide bonds. The van der Waals surface area contributed by atoms with Crippen LogP contribution in [0, 0.1) is 5.92 Å². The first-order valence-electron chi connectivity index (χ1n) is 11.1. The normalized spacial score (nSPS) is 16.1. The van der Waals surface area contributed by atoms with E-state index in [-0.39, 0.29) is 22.6 Å². The second-order valence-electron chi connectivity index (χ2n) is 8.61. The van der Waals surface area contributed by atoms with Crippen molar-refractivity contribution in [3.05, 3.63) is 66.4 Å². The number of hydrogen-bond acceptors (Lipinski definition) is 7. The van der Waals surface area contributed by atoms with Crippen LogP contribution in [0.25, 0.3) is 21.9 Å². The Balaban J connectivity index is 1.84. The fraction of sp³-hybridized carbons (Fsp3) is 0.292. The van der Waals surface area contributed by atoms with Gasteiger partial charge in [0.1, 0.15) is 5.75 Å². The molecule has 2 N–H and O–H groups in total. The fourth-order valence-corrected chi connectivity index (χ4v) is 5.54. The summed E-state index contributed by atoms with van der Waals surface area (Å²) < 4.78 is 37.7. The summed E-state index contributed by atoms with van der Waals surface area (Å²) in [7, 11) is -5.41. The van der Waals surface area contributed by atoms with E-state index in [0.717, 1.165) is 34.8 Å². The van der Waals surface area contributed by atoms with Crippen molar-refractivity contribution < 1.29 is 27.9 Å². The molecule has 2 aromatic carbocycles. The van der Waals surface area contributed by atoms with Crippen LogP contribution in [0.4, 0.5) is 0 Å². The highest BCUT2D eigenvalue weighted by Gasteiger charge is 2.30. The largest absolute Gasteiger partial charge is 0.707 e. The Labute approximate surface area is 197 Å². The van der Waals surface area contributed by atoms with Crippen molar-refractivity contribution in [1.29, 1.82) is 0 Å². The Kier molecular flexibility index (Phi) is 6.07. The minimum Gasteiger partial charge on any atom is -0.511 e. The number of sulfone groups is 1. The highest BCUT2D eigenvalue weighted by Crippen LogP contribution is 2.41. The van der Waals surface area contributed by atoms with E-state index in [1.165, 1.54) is 12.5 Å². The van der Waals surface area contributed by atoms with Crippen LogP contribution in [-0.2, 0) is 14.6 Å². The smallest absolute Gasteiger partial charge is 0.511 e. The number of ether oxygens (including phenoxy) is 1. The summed E-state index contributed by atoms with van der Waals surface area (Å²) in [6.07, 6.45) is 4.33. The summed E-state index contributed by atoms with van der Waals surface area (Å²) in [4.78, 5) is 4.78. The standard InChI is InChI=1S/C24H25BN2O6S/c1-34(30,31)19-7-8-20-21(14-19)27(22-13-18(33-25(28)29)15-26-23(20)22)24(16-5-3-2-4-6-16)17-9-11-32-12-10-17/h2-8,13-15,17,24,28-29H,9-12H2,1H3/t24-/m1/s1. The van der Waals surface area contributed by atoms with E-state index < -0.39 is 17.2 Å². The lowest BCUT2D eigenvalue weighted by Gasteiger charge is -2.33. The van der Waals surface area contributed by atoms with Crippen LogP contribution < -0.4 is 4.65 Å². The Morgan fingerprint density at radius 2 is 1.82 bits per heavy atom. The second kappa shape index (κ2) is 9.03. The first kappa shape index (κ1) is 22.9. The van der Waals surface area contributed by atoms with Crippen LogP contribution in [0.2, 0.25) is 0 Å². The molecule has 3 heterocycles. The maximum atomic E-state index is 12.4. The van der Waals surface area contributed by atoms with Crippen LogP contribution in [0.5, 0.6) is 5.75 Å². The van der Waals surface area contributed by atoms with Crippen molar-refractivity contribution in [3.8, 4) is 5.75 Å². The summed E-state index contributed by atoms with van der Waals surface area (Å²) >= 11 is 0. The van der Waals surface area contributed by atoms with E-state index in [9.17, 15) is 18.5 Å². The van der Waals surface area contributed by atoms with Crippen LogP contribution in [-0.4, -0.2) is 54.8 Å². The maximum Gasteiger partial charge on any atom is 0.707 e. The molecule has 0 unspecified atom stereocenters. The van der Waals surface area contributed by atoms with E-state index in [1.807, 2.05) is 18.2 Å². The molecule has 4 aromatic rings. The molecular weight excluding hydrogens is 455 g/mol.